The fourth-order valence-electron chi connectivity index (χ4n) is 3.70. The topological polar surface area (TPSA) is 44.5 Å². The van der Waals surface area contributed by atoms with Gasteiger partial charge in [-0.2, -0.15) is 0 Å². The van der Waals surface area contributed by atoms with E-state index in [1.165, 1.54) is 32.1 Å². The maximum Gasteiger partial charge on any atom is 0.122 e. The molecule has 0 bridgehead atoms. The van der Waals surface area contributed by atoms with Gasteiger partial charge in [0.1, 0.15) is 12.4 Å². The van der Waals surface area contributed by atoms with Crippen molar-refractivity contribution in [3.05, 3.63) is 29.3 Å². The molecule has 1 aliphatic heterocycles. The van der Waals surface area contributed by atoms with Gasteiger partial charge in [-0.05, 0) is 56.7 Å². The summed E-state index contributed by atoms with van der Waals surface area (Å²) in [5.74, 6) is 0.954. The lowest BCUT2D eigenvalue weighted by Crippen LogP contribution is -2.27. The molecule has 1 aliphatic carbocycles. The Bertz CT molecular complexity index is 492. The van der Waals surface area contributed by atoms with Crippen LogP contribution in [0.4, 0.5) is 0 Å². The van der Waals surface area contributed by atoms with Crippen molar-refractivity contribution >= 4 is 0 Å². The Morgan fingerprint density at radius 2 is 2.10 bits per heavy atom. The lowest BCUT2D eigenvalue weighted by atomic mass is 9.98. The van der Waals surface area contributed by atoms with E-state index in [9.17, 15) is 0 Å². The summed E-state index contributed by atoms with van der Waals surface area (Å²) in [5.41, 5.74) is 8.41. The molecule has 1 heterocycles. The van der Waals surface area contributed by atoms with Crippen LogP contribution in [0.2, 0.25) is 0 Å². The van der Waals surface area contributed by atoms with Crippen molar-refractivity contribution in [1.29, 1.82) is 0 Å². The third-order valence-electron chi connectivity index (χ3n) is 5.00. The zero-order valence-corrected chi connectivity index (χ0v) is 13.2. The number of ether oxygens (including phenoxy) is 2. The molecule has 2 aliphatic rings. The van der Waals surface area contributed by atoms with Crippen molar-refractivity contribution in [3.8, 4) is 5.75 Å². The zero-order chi connectivity index (χ0) is 14.9. The summed E-state index contributed by atoms with van der Waals surface area (Å²) >= 11 is 0. The first-order valence-corrected chi connectivity index (χ1v) is 8.25. The SMILES string of the molecule is Cc1cc([C@@H](C)N)ccc1OCC1CCC2(CCCC2)O1. The molecule has 116 valence electrons. The molecule has 2 atom stereocenters. The lowest BCUT2D eigenvalue weighted by Gasteiger charge is -2.24. The minimum Gasteiger partial charge on any atom is -0.491 e. The molecule has 2 N–H and O–H groups in total. The highest BCUT2D eigenvalue weighted by atomic mass is 16.6. The van der Waals surface area contributed by atoms with E-state index >= 15 is 0 Å². The van der Waals surface area contributed by atoms with Crippen LogP contribution in [-0.4, -0.2) is 18.3 Å². The molecular formula is C18H27NO2. The van der Waals surface area contributed by atoms with Gasteiger partial charge in [0, 0.05) is 6.04 Å². The van der Waals surface area contributed by atoms with E-state index in [1.807, 2.05) is 13.0 Å². The van der Waals surface area contributed by atoms with Crippen LogP contribution in [0.3, 0.4) is 0 Å². The minimum absolute atomic E-state index is 0.0677. The zero-order valence-electron chi connectivity index (χ0n) is 13.2. The van der Waals surface area contributed by atoms with Crippen molar-refractivity contribution < 1.29 is 9.47 Å². The van der Waals surface area contributed by atoms with Crippen LogP contribution in [-0.2, 0) is 4.74 Å². The molecule has 2 fully saturated rings. The summed E-state index contributed by atoms with van der Waals surface area (Å²) in [6.07, 6.45) is 7.74. The molecule has 3 rings (SSSR count). The Kier molecular flexibility index (Phi) is 4.23. The molecule has 1 saturated heterocycles. The van der Waals surface area contributed by atoms with Gasteiger partial charge in [0.05, 0.1) is 11.7 Å². The first-order valence-electron chi connectivity index (χ1n) is 8.25. The molecular weight excluding hydrogens is 262 g/mol. The van der Waals surface area contributed by atoms with Gasteiger partial charge in [0.25, 0.3) is 0 Å². The van der Waals surface area contributed by atoms with Gasteiger partial charge in [-0.3, -0.25) is 0 Å². The summed E-state index contributed by atoms with van der Waals surface area (Å²) in [6.45, 7) is 4.75. The standard InChI is InChI=1S/C18H27NO2/c1-13-11-15(14(2)19)5-6-17(13)20-12-16-7-10-18(21-16)8-3-4-9-18/h5-6,11,14,16H,3-4,7-10,12,19H2,1-2H3/t14-,16?/m1/s1. The molecule has 1 unspecified atom stereocenters. The van der Waals surface area contributed by atoms with Crippen molar-refractivity contribution in [1.82, 2.24) is 0 Å². The first kappa shape index (κ1) is 14.9. The van der Waals surface area contributed by atoms with E-state index in [4.69, 9.17) is 15.2 Å². The van der Waals surface area contributed by atoms with Gasteiger partial charge in [-0.1, -0.05) is 25.0 Å². The summed E-state index contributed by atoms with van der Waals surface area (Å²) in [4.78, 5) is 0. The van der Waals surface area contributed by atoms with Gasteiger partial charge >= 0.3 is 0 Å². The van der Waals surface area contributed by atoms with E-state index in [0.29, 0.717) is 6.61 Å². The molecule has 21 heavy (non-hydrogen) atoms. The lowest BCUT2D eigenvalue weighted by molar-refractivity contribution is -0.0509. The highest BCUT2D eigenvalue weighted by molar-refractivity contribution is 5.37. The Balaban J connectivity index is 1.56. The molecule has 1 spiro atoms. The van der Waals surface area contributed by atoms with Crippen LogP contribution < -0.4 is 10.5 Å². The van der Waals surface area contributed by atoms with Crippen LogP contribution in [0.25, 0.3) is 0 Å². The Labute approximate surface area is 127 Å². The number of rotatable bonds is 4. The maximum atomic E-state index is 6.29. The highest BCUT2D eigenvalue weighted by Gasteiger charge is 2.42. The van der Waals surface area contributed by atoms with E-state index < -0.39 is 0 Å². The summed E-state index contributed by atoms with van der Waals surface area (Å²) in [7, 11) is 0. The summed E-state index contributed by atoms with van der Waals surface area (Å²) in [6, 6.07) is 6.28. The van der Waals surface area contributed by atoms with Crippen LogP contribution in [0.15, 0.2) is 18.2 Å². The van der Waals surface area contributed by atoms with Crippen molar-refractivity contribution in [3.63, 3.8) is 0 Å². The number of nitrogens with two attached hydrogens (primary N) is 1. The third-order valence-corrected chi connectivity index (χ3v) is 5.00. The minimum atomic E-state index is 0.0677. The largest absolute Gasteiger partial charge is 0.491 e. The molecule has 1 aromatic rings. The van der Waals surface area contributed by atoms with Crippen LogP contribution in [0, 0.1) is 6.92 Å². The van der Waals surface area contributed by atoms with Gasteiger partial charge in [-0.15, -0.1) is 0 Å². The van der Waals surface area contributed by atoms with Gasteiger partial charge in [0.2, 0.25) is 0 Å². The Morgan fingerprint density at radius 3 is 2.76 bits per heavy atom. The average Bonchev–Trinajstić information content (AvgIpc) is 3.08. The molecule has 1 aromatic carbocycles. The Morgan fingerprint density at radius 1 is 1.33 bits per heavy atom. The number of benzene rings is 1. The second-order valence-electron chi connectivity index (χ2n) is 6.79. The van der Waals surface area contributed by atoms with Crippen molar-refractivity contribution in [2.24, 2.45) is 5.73 Å². The van der Waals surface area contributed by atoms with Crippen LogP contribution in [0.1, 0.15) is 62.6 Å². The van der Waals surface area contributed by atoms with E-state index in [1.54, 1.807) is 0 Å². The first-order chi connectivity index (χ1) is 10.1. The molecule has 1 saturated carbocycles. The molecule has 0 radical (unpaired) electrons. The van der Waals surface area contributed by atoms with Gasteiger partial charge in [-0.25, -0.2) is 0 Å². The second kappa shape index (κ2) is 5.98. The molecule has 0 aromatic heterocycles. The van der Waals surface area contributed by atoms with Gasteiger partial charge < -0.3 is 15.2 Å². The predicted octanol–water partition coefficient (Wildman–Crippen LogP) is 3.89. The molecule has 0 amide bonds. The van der Waals surface area contributed by atoms with E-state index in [-0.39, 0.29) is 17.7 Å². The fraction of sp³-hybridized carbons (Fsp3) is 0.667. The van der Waals surface area contributed by atoms with Crippen LogP contribution in [0.5, 0.6) is 5.75 Å². The third kappa shape index (κ3) is 3.24. The average molecular weight is 289 g/mol. The van der Waals surface area contributed by atoms with Gasteiger partial charge in [0.15, 0.2) is 0 Å². The summed E-state index contributed by atoms with van der Waals surface area (Å²) < 4.78 is 12.3. The summed E-state index contributed by atoms with van der Waals surface area (Å²) in [5, 5.41) is 0. The predicted molar refractivity (Wildman–Crippen MR) is 84.6 cm³/mol. The molecule has 3 heteroatoms. The number of hydrogen-bond donors (Lipinski definition) is 1. The highest BCUT2D eigenvalue weighted by Crippen LogP contribution is 2.43. The fourth-order valence-corrected chi connectivity index (χ4v) is 3.70. The maximum absolute atomic E-state index is 6.29. The van der Waals surface area contributed by atoms with Crippen LogP contribution >= 0.6 is 0 Å². The molecule has 3 nitrogen and oxygen atoms in total. The Hall–Kier alpha value is -1.06. The number of aryl methyl sites for hydroxylation is 1. The number of hydrogen-bond acceptors (Lipinski definition) is 3. The van der Waals surface area contributed by atoms with E-state index in [0.717, 1.165) is 23.3 Å². The quantitative estimate of drug-likeness (QED) is 0.914. The van der Waals surface area contributed by atoms with Crippen molar-refractivity contribution in [2.75, 3.05) is 6.61 Å². The monoisotopic (exact) mass is 289 g/mol. The van der Waals surface area contributed by atoms with Crippen molar-refractivity contribution in [2.45, 2.75) is 70.1 Å². The van der Waals surface area contributed by atoms with E-state index in [2.05, 4.69) is 19.1 Å². The second-order valence-corrected chi connectivity index (χ2v) is 6.79. The smallest absolute Gasteiger partial charge is 0.122 e. The normalized spacial score (nSPS) is 25.4.